The van der Waals surface area contributed by atoms with Crippen molar-refractivity contribution in [3.8, 4) is 22.8 Å². The summed E-state index contributed by atoms with van der Waals surface area (Å²) in [7, 11) is 0. The fourth-order valence-corrected chi connectivity index (χ4v) is 3.17. The molecule has 0 aliphatic carbocycles. The topological polar surface area (TPSA) is 93.8 Å². The average molecular weight is 383 g/mol. The number of rotatable bonds is 4. The Morgan fingerprint density at radius 1 is 1.19 bits per heavy atom. The minimum Gasteiger partial charge on any atom is -0.334 e. The summed E-state index contributed by atoms with van der Waals surface area (Å²) < 4.78 is 6.81. The maximum Gasteiger partial charge on any atom is 0.316 e. The molecule has 0 fully saturated rings. The second-order valence-corrected chi connectivity index (χ2v) is 6.45. The standard InChI is InChI=1S/C19H15ClN4O3/c1-2-9-24-15-8-7-11(10-14(15)21-17(25)19(24)26)16-22-18(27-23-16)12-5-3-4-6-13(12)20/h3-8,10H,2,9H2,1H3,(H,21,25). The number of aryl methyl sites for hydroxylation is 1. The molecule has 2 aromatic heterocycles. The van der Waals surface area contributed by atoms with Crippen LogP contribution in [-0.4, -0.2) is 19.7 Å². The van der Waals surface area contributed by atoms with E-state index in [1.165, 1.54) is 4.57 Å². The molecule has 0 amide bonds. The molecule has 1 N–H and O–H groups in total. The fraction of sp³-hybridized carbons (Fsp3) is 0.158. The number of aromatic amines is 1. The van der Waals surface area contributed by atoms with Gasteiger partial charge in [-0.05, 0) is 36.8 Å². The van der Waals surface area contributed by atoms with Crippen LogP contribution in [0.25, 0.3) is 33.9 Å². The van der Waals surface area contributed by atoms with Crippen LogP contribution in [-0.2, 0) is 6.54 Å². The molecule has 7 nitrogen and oxygen atoms in total. The smallest absolute Gasteiger partial charge is 0.316 e. The summed E-state index contributed by atoms with van der Waals surface area (Å²) >= 11 is 6.17. The quantitative estimate of drug-likeness (QED) is 0.545. The highest BCUT2D eigenvalue weighted by Crippen LogP contribution is 2.28. The zero-order valence-electron chi connectivity index (χ0n) is 14.4. The normalized spacial score (nSPS) is 11.2. The Bertz CT molecular complexity index is 1260. The second kappa shape index (κ2) is 6.85. The van der Waals surface area contributed by atoms with Gasteiger partial charge in [0.25, 0.3) is 5.89 Å². The largest absolute Gasteiger partial charge is 0.334 e. The summed E-state index contributed by atoms with van der Waals surface area (Å²) in [6.45, 7) is 2.42. The molecular formula is C19H15ClN4O3. The van der Waals surface area contributed by atoms with Gasteiger partial charge in [0.1, 0.15) is 0 Å². The summed E-state index contributed by atoms with van der Waals surface area (Å²) in [4.78, 5) is 31.0. The Balaban J connectivity index is 1.82. The van der Waals surface area contributed by atoms with Crippen molar-refractivity contribution in [1.29, 1.82) is 0 Å². The molecule has 2 heterocycles. The van der Waals surface area contributed by atoms with Gasteiger partial charge >= 0.3 is 11.1 Å². The third-order valence-electron chi connectivity index (χ3n) is 4.21. The number of aromatic nitrogens is 4. The van der Waals surface area contributed by atoms with Crippen molar-refractivity contribution < 1.29 is 4.52 Å². The van der Waals surface area contributed by atoms with Crippen LogP contribution in [0.15, 0.2) is 56.6 Å². The van der Waals surface area contributed by atoms with Gasteiger partial charge in [-0.2, -0.15) is 4.98 Å². The minimum absolute atomic E-state index is 0.306. The highest BCUT2D eigenvalue weighted by molar-refractivity contribution is 6.33. The van der Waals surface area contributed by atoms with Gasteiger partial charge < -0.3 is 14.1 Å². The van der Waals surface area contributed by atoms with E-state index in [0.717, 1.165) is 6.42 Å². The lowest BCUT2D eigenvalue weighted by Crippen LogP contribution is -2.36. The molecular weight excluding hydrogens is 368 g/mol. The zero-order chi connectivity index (χ0) is 19.0. The Morgan fingerprint density at radius 3 is 2.78 bits per heavy atom. The summed E-state index contributed by atoms with van der Waals surface area (Å²) in [6.07, 6.45) is 0.742. The van der Waals surface area contributed by atoms with E-state index in [1.54, 1.807) is 30.3 Å². The van der Waals surface area contributed by atoms with E-state index < -0.39 is 11.1 Å². The van der Waals surface area contributed by atoms with Gasteiger partial charge in [-0.25, -0.2) is 0 Å². The van der Waals surface area contributed by atoms with Crippen LogP contribution < -0.4 is 11.1 Å². The molecule has 27 heavy (non-hydrogen) atoms. The van der Waals surface area contributed by atoms with Gasteiger partial charge in [0.2, 0.25) is 5.82 Å². The maximum absolute atomic E-state index is 12.1. The molecule has 2 aromatic carbocycles. The van der Waals surface area contributed by atoms with Crippen LogP contribution >= 0.6 is 11.6 Å². The molecule has 0 aliphatic rings. The van der Waals surface area contributed by atoms with Crippen LogP contribution in [0.3, 0.4) is 0 Å². The first kappa shape index (κ1) is 17.2. The number of hydrogen-bond acceptors (Lipinski definition) is 5. The van der Waals surface area contributed by atoms with Gasteiger partial charge in [0, 0.05) is 12.1 Å². The van der Waals surface area contributed by atoms with E-state index in [0.29, 0.717) is 45.4 Å². The predicted molar refractivity (Wildman–Crippen MR) is 103 cm³/mol. The van der Waals surface area contributed by atoms with Crippen LogP contribution in [0, 0.1) is 0 Å². The number of nitrogens with one attached hydrogen (secondary N) is 1. The maximum atomic E-state index is 12.1. The molecule has 0 bridgehead atoms. The monoisotopic (exact) mass is 382 g/mol. The van der Waals surface area contributed by atoms with Crippen molar-refractivity contribution in [3.05, 3.63) is 68.2 Å². The van der Waals surface area contributed by atoms with Crippen molar-refractivity contribution >= 4 is 22.6 Å². The average Bonchev–Trinajstić information content (AvgIpc) is 3.15. The Hall–Kier alpha value is -3.19. The number of hydrogen-bond donors (Lipinski definition) is 1. The van der Waals surface area contributed by atoms with Crippen molar-refractivity contribution in [2.75, 3.05) is 0 Å². The predicted octanol–water partition coefficient (Wildman–Crippen LogP) is 3.47. The van der Waals surface area contributed by atoms with Gasteiger partial charge in [-0.1, -0.05) is 35.8 Å². The molecule has 8 heteroatoms. The van der Waals surface area contributed by atoms with E-state index in [-0.39, 0.29) is 0 Å². The lowest BCUT2D eigenvalue weighted by molar-refractivity contribution is 0.432. The number of fused-ring (bicyclic) bond motifs is 1. The first-order chi connectivity index (χ1) is 13.1. The highest BCUT2D eigenvalue weighted by atomic mass is 35.5. The second-order valence-electron chi connectivity index (χ2n) is 6.05. The van der Waals surface area contributed by atoms with Crippen LogP contribution in [0.1, 0.15) is 13.3 Å². The van der Waals surface area contributed by atoms with Gasteiger partial charge in [0.05, 0.1) is 21.6 Å². The number of H-pyrrole nitrogens is 1. The van der Waals surface area contributed by atoms with Gasteiger partial charge in [0.15, 0.2) is 0 Å². The zero-order valence-corrected chi connectivity index (χ0v) is 15.2. The Morgan fingerprint density at radius 2 is 2.00 bits per heavy atom. The number of nitrogens with zero attached hydrogens (tertiary/aromatic N) is 3. The summed E-state index contributed by atoms with van der Waals surface area (Å²) in [5, 5.41) is 4.52. The lowest BCUT2D eigenvalue weighted by Gasteiger charge is -2.08. The van der Waals surface area contributed by atoms with Crippen molar-refractivity contribution in [1.82, 2.24) is 19.7 Å². The van der Waals surface area contributed by atoms with Crippen molar-refractivity contribution in [3.63, 3.8) is 0 Å². The minimum atomic E-state index is -0.655. The highest BCUT2D eigenvalue weighted by Gasteiger charge is 2.14. The van der Waals surface area contributed by atoms with E-state index in [2.05, 4.69) is 15.1 Å². The molecule has 136 valence electrons. The molecule has 0 spiro atoms. The van der Waals surface area contributed by atoms with E-state index in [1.807, 2.05) is 19.1 Å². The Labute approximate surface area is 158 Å². The molecule has 4 rings (SSSR count). The summed E-state index contributed by atoms with van der Waals surface area (Å²) in [6, 6.07) is 12.5. The van der Waals surface area contributed by atoms with Crippen LogP contribution in [0.4, 0.5) is 0 Å². The molecule has 0 saturated carbocycles. The third kappa shape index (κ3) is 3.06. The SMILES string of the molecule is CCCn1c(=O)c(=O)[nH]c2cc(-c3noc(-c4ccccc4Cl)n3)ccc21. The van der Waals surface area contributed by atoms with Crippen LogP contribution in [0.5, 0.6) is 0 Å². The Kier molecular flexibility index (Phi) is 4.37. The van der Waals surface area contributed by atoms with Crippen molar-refractivity contribution in [2.24, 2.45) is 0 Å². The van der Waals surface area contributed by atoms with Gasteiger partial charge in [-0.15, -0.1) is 0 Å². The van der Waals surface area contributed by atoms with E-state index >= 15 is 0 Å². The first-order valence-corrected chi connectivity index (χ1v) is 8.82. The molecule has 0 radical (unpaired) electrons. The molecule has 0 unspecified atom stereocenters. The summed E-state index contributed by atoms with van der Waals surface area (Å²) in [5.74, 6) is 0.668. The molecule has 0 saturated heterocycles. The fourth-order valence-electron chi connectivity index (χ4n) is 2.95. The van der Waals surface area contributed by atoms with Crippen LogP contribution in [0.2, 0.25) is 5.02 Å². The molecule has 0 aliphatic heterocycles. The number of benzene rings is 2. The van der Waals surface area contributed by atoms with E-state index in [4.69, 9.17) is 16.1 Å². The molecule has 4 aromatic rings. The molecule has 0 atom stereocenters. The first-order valence-electron chi connectivity index (χ1n) is 8.44. The third-order valence-corrected chi connectivity index (χ3v) is 4.54. The van der Waals surface area contributed by atoms with Gasteiger partial charge in [-0.3, -0.25) is 9.59 Å². The summed E-state index contributed by atoms with van der Waals surface area (Å²) in [5.41, 5.74) is 1.27. The lowest BCUT2D eigenvalue weighted by atomic mass is 10.1. The van der Waals surface area contributed by atoms with E-state index in [9.17, 15) is 9.59 Å². The van der Waals surface area contributed by atoms with Crippen molar-refractivity contribution in [2.45, 2.75) is 19.9 Å². The number of halogens is 1.